The van der Waals surface area contributed by atoms with Crippen molar-refractivity contribution in [1.29, 1.82) is 0 Å². The minimum atomic E-state index is -0.155. The molecule has 2 aromatic heterocycles. The van der Waals surface area contributed by atoms with Gasteiger partial charge in [-0.05, 0) is 43.4 Å². The van der Waals surface area contributed by atoms with Crippen molar-refractivity contribution < 1.29 is 4.79 Å². The van der Waals surface area contributed by atoms with Crippen LogP contribution in [-0.2, 0) is 4.79 Å². The molecule has 0 radical (unpaired) electrons. The first kappa shape index (κ1) is 23.0. The SMILES string of the molecule is CCCCCCN1C(=O)/C(=C\c2c(N3CCC(C)CC3)nc3ccccn3c2=O)SC1=S. The fraction of sp³-hybridized carbons (Fsp3) is 0.500. The lowest BCUT2D eigenvalue weighted by Gasteiger charge is -2.32. The van der Waals surface area contributed by atoms with Crippen LogP contribution in [0.25, 0.3) is 11.7 Å². The predicted octanol–water partition coefficient (Wildman–Crippen LogP) is 4.71. The average Bonchev–Trinajstić information content (AvgIpc) is 3.06. The van der Waals surface area contributed by atoms with Gasteiger partial charge in [0.1, 0.15) is 15.8 Å². The molecule has 0 atom stereocenters. The predicted molar refractivity (Wildman–Crippen MR) is 136 cm³/mol. The summed E-state index contributed by atoms with van der Waals surface area (Å²) in [6.07, 6.45) is 9.89. The minimum Gasteiger partial charge on any atom is -0.356 e. The highest BCUT2D eigenvalue weighted by Crippen LogP contribution is 2.34. The smallest absolute Gasteiger partial charge is 0.267 e. The van der Waals surface area contributed by atoms with E-state index in [1.54, 1.807) is 21.6 Å². The summed E-state index contributed by atoms with van der Waals surface area (Å²) in [4.78, 5) is 35.7. The van der Waals surface area contributed by atoms with Crippen molar-refractivity contribution in [3.63, 3.8) is 0 Å². The second-order valence-electron chi connectivity index (χ2n) is 8.65. The highest BCUT2D eigenvalue weighted by atomic mass is 32.2. The van der Waals surface area contributed by atoms with E-state index in [1.807, 2.05) is 18.2 Å². The van der Waals surface area contributed by atoms with E-state index in [-0.39, 0.29) is 11.5 Å². The summed E-state index contributed by atoms with van der Waals surface area (Å²) < 4.78 is 2.12. The Labute approximate surface area is 198 Å². The third-order valence-electron chi connectivity index (χ3n) is 6.22. The van der Waals surface area contributed by atoms with Crippen LogP contribution in [0.3, 0.4) is 0 Å². The van der Waals surface area contributed by atoms with Crippen LogP contribution in [0.1, 0.15) is 57.9 Å². The molecule has 0 aromatic carbocycles. The number of fused-ring (bicyclic) bond motifs is 1. The Bertz CT molecular complexity index is 1100. The highest BCUT2D eigenvalue weighted by Gasteiger charge is 2.32. The van der Waals surface area contributed by atoms with E-state index in [9.17, 15) is 9.59 Å². The second kappa shape index (κ2) is 10.2. The van der Waals surface area contributed by atoms with Crippen LogP contribution in [0, 0.1) is 5.92 Å². The quantitative estimate of drug-likeness (QED) is 0.332. The molecule has 4 heterocycles. The molecule has 2 fully saturated rings. The Morgan fingerprint density at radius 3 is 2.72 bits per heavy atom. The largest absolute Gasteiger partial charge is 0.356 e. The van der Waals surface area contributed by atoms with Crippen LogP contribution in [0.4, 0.5) is 5.82 Å². The lowest BCUT2D eigenvalue weighted by atomic mass is 9.99. The molecule has 170 valence electrons. The van der Waals surface area contributed by atoms with Crippen molar-refractivity contribution in [1.82, 2.24) is 14.3 Å². The lowest BCUT2D eigenvalue weighted by molar-refractivity contribution is -0.122. The van der Waals surface area contributed by atoms with Crippen molar-refractivity contribution >= 4 is 51.7 Å². The van der Waals surface area contributed by atoms with Gasteiger partial charge in [0.15, 0.2) is 0 Å². The maximum atomic E-state index is 13.4. The van der Waals surface area contributed by atoms with Crippen molar-refractivity contribution in [2.45, 2.75) is 52.4 Å². The van der Waals surface area contributed by atoms with Crippen LogP contribution in [0.15, 0.2) is 34.1 Å². The average molecular weight is 471 g/mol. The van der Waals surface area contributed by atoms with Gasteiger partial charge in [0.05, 0.1) is 10.5 Å². The number of thioether (sulfide) groups is 1. The number of anilines is 1. The summed E-state index contributed by atoms with van der Waals surface area (Å²) >= 11 is 6.77. The summed E-state index contributed by atoms with van der Waals surface area (Å²) in [5.41, 5.74) is 0.930. The molecule has 0 unspecified atom stereocenters. The van der Waals surface area contributed by atoms with Gasteiger partial charge in [-0.3, -0.25) is 18.9 Å². The molecule has 2 saturated heterocycles. The summed E-state index contributed by atoms with van der Waals surface area (Å²) in [6, 6.07) is 5.54. The number of carbonyl (C=O) groups excluding carboxylic acids is 1. The van der Waals surface area contributed by atoms with Crippen LogP contribution in [-0.4, -0.2) is 44.1 Å². The maximum absolute atomic E-state index is 13.4. The first-order chi connectivity index (χ1) is 15.5. The molecule has 0 N–H and O–H groups in total. The Hall–Kier alpha value is -2.19. The number of rotatable bonds is 7. The molecule has 0 bridgehead atoms. The fourth-order valence-electron chi connectivity index (χ4n) is 4.20. The van der Waals surface area contributed by atoms with Crippen LogP contribution in [0.5, 0.6) is 0 Å². The Kier molecular flexibility index (Phi) is 7.30. The third-order valence-corrected chi connectivity index (χ3v) is 7.59. The van der Waals surface area contributed by atoms with Crippen molar-refractivity contribution in [2.75, 3.05) is 24.5 Å². The molecule has 1 amide bonds. The van der Waals surface area contributed by atoms with E-state index in [1.165, 1.54) is 11.8 Å². The van der Waals surface area contributed by atoms with Crippen LogP contribution in [0.2, 0.25) is 0 Å². The second-order valence-corrected chi connectivity index (χ2v) is 10.3. The van der Waals surface area contributed by atoms with Gasteiger partial charge < -0.3 is 4.90 Å². The van der Waals surface area contributed by atoms with Gasteiger partial charge in [0, 0.05) is 25.8 Å². The van der Waals surface area contributed by atoms with Gasteiger partial charge in [-0.2, -0.15) is 0 Å². The van der Waals surface area contributed by atoms with Crippen molar-refractivity contribution in [2.24, 2.45) is 5.92 Å². The van der Waals surface area contributed by atoms with E-state index >= 15 is 0 Å². The van der Waals surface area contributed by atoms with E-state index in [0.717, 1.165) is 51.6 Å². The van der Waals surface area contributed by atoms with Gasteiger partial charge in [-0.15, -0.1) is 0 Å². The van der Waals surface area contributed by atoms with Gasteiger partial charge in [-0.25, -0.2) is 4.98 Å². The topological polar surface area (TPSA) is 57.9 Å². The van der Waals surface area contributed by atoms with E-state index in [0.29, 0.717) is 38.7 Å². The number of hydrogen-bond acceptors (Lipinski definition) is 6. The molecule has 8 heteroatoms. The monoisotopic (exact) mass is 470 g/mol. The number of piperidine rings is 1. The molecule has 2 aromatic rings. The van der Waals surface area contributed by atoms with Crippen LogP contribution >= 0.6 is 24.0 Å². The molecule has 32 heavy (non-hydrogen) atoms. The molecular formula is C24H30N4O2S2. The molecule has 2 aliphatic heterocycles. The number of pyridine rings is 1. The first-order valence-corrected chi connectivity index (χ1v) is 12.7. The molecule has 6 nitrogen and oxygen atoms in total. The number of thiocarbonyl (C=S) groups is 1. The summed E-state index contributed by atoms with van der Waals surface area (Å²) in [7, 11) is 0. The molecule has 0 aliphatic carbocycles. The molecule has 4 rings (SSSR count). The number of aromatic nitrogens is 2. The van der Waals surface area contributed by atoms with Gasteiger partial charge in [0.25, 0.3) is 11.5 Å². The van der Waals surface area contributed by atoms with Crippen molar-refractivity contribution in [3.05, 3.63) is 45.2 Å². The molecule has 2 aliphatic rings. The lowest BCUT2D eigenvalue weighted by Crippen LogP contribution is -2.36. The zero-order valence-corrected chi connectivity index (χ0v) is 20.4. The maximum Gasteiger partial charge on any atom is 0.267 e. The number of carbonyl (C=O) groups is 1. The minimum absolute atomic E-state index is 0.104. The first-order valence-electron chi connectivity index (χ1n) is 11.5. The Balaban J connectivity index is 1.70. The normalized spacial score (nSPS) is 19.0. The molecule has 0 spiro atoms. The van der Waals surface area contributed by atoms with Crippen molar-refractivity contribution in [3.8, 4) is 0 Å². The van der Waals surface area contributed by atoms with Gasteiger partial charge in [-0.1, -0.05) is 63.2 Å². The number of amides is 1. The van der Waals surface area contributed by atoms with Gasteiger partial charge in [0.2, 0.25) is 0 Å². The Morgan fingerprint density at radius 1 is 1.19 bits per heavy atom. The van der Waals surface area contributed by atoms with E-state index in [4.69, 9.17) is 17.2 Å². The highest BCUT2D eigenvalue weighted by molar-refractivity contribution is 8.26. The fourth-order valence-corrected chi connectivity index (χ4v) is 5.49. The number of hydrogen-bond donors (Lipinski definition) is 0. The number of unbranched alkanes of at least 4 members (excludes halogenated alkanes) is 3. The standard InChI is InChI=1S/C24H30N4O2S2/c1-3-4-5-7-13-28-23(30)19(32-24(28)31)16-18-21(26-14-10-17(2)11-15-26)25-20-9-6-8-12-27(20)22(18)29/h6,8-9,12,16-17H,3-5,7,10-11,13-15H2,1-2H3/b19-16+. The van der Waals surface area contributed by atoms with E-state index < -0.39 is 0 Å². The molecule has 0 saturated carbocycles. The summed E-state index contributed by atoms with van der Waals surface area (Å²) in [5, 5.41) is 0. The zero-order chi connectivity index (χ0) is 22.7. The molecular weight excluding hydrogens is 440 g/mol. The number of nitrogens with zero attached hydrogens (tertiary/aromatic N) is 4. The van der Waals surface area contributed by atoms with Crippen LogP contribution < -0.4 is 10.5 Å². The Morgan fingerprint density at radius 2 is 1.97 bits per heavy atom. The summed E-state index contributed by atoms with van der Waals surface area (Å²) in [5.74, 6) is 1.23. The van der Waals surface area contributed by atoms with Gasteiger partial charge >= 0.3 is 0 Å². The third kappa shape index (κ3) is 4.76. The summed E-state index contributed by atoms with van der Waals surface area (Å²) in [6.45, 7) is 6.77. The van der Waals surface area contributed by atoms with E-state index in [2.05, 4.69) is 18.7 Å². The zero-order valence-electron chi connectivity index (χ0n) is 18.7.